The van der Waals surface area contributed by atoms with Gasteiger partial charge in [-0.05, 0) is 25.5 Å². The number of rotatable bonds is 1. The van der Waals surface area contributed by atoms with Crippen LogP contribution in [0.3, 0.4) is 0 Å². The van der Waals surface area contributed by atoms with Crippen molar-refractivity contribution in [1.82, 2.24) is 0 Å². The second kappa shape index (κ2) is 4.03. The predicted molar refractivity (Wildman–Crippen MR) is 70.3 cm³/mol. The second-order valence-corrected chi connectivity index (χ2v) is 5.25. The summed E-state index contributed by atoms with van der Waals surface area (Å²) in [7, 11) is 0. The number of carbonyl (C=O) groups is 2. The second-order valence-electron chi connectivity index (χ2n) is 5.25. The van der Waals surface area contributed by atoms with Gasteiger partial charge in [-0.25, -0.2) is 4.90 Å². The molecule has 1 aromatic rings. The highest BCUT2D eigenvalue weighted by atomic mass is 16.3. The van der Waals surface area contributed by atoms with Gasteiger partial charge in [-0.2, -0.15) is 0 Å². The summed E-state index contributed by atoms with van der Waals surface area (Å²) in [5, 5.41) is 10.1. The van der Waals surface area contributed by atoms with Gasteiger partial charge < -0.3 is 5.11 Å². The van der Waals surface area contributed by atoms with E-state index >= 15 is 0 Å². The molecule has 0 spiro atoms. The van der Waals surface area contributed by atoms with Crippen LogP contribution in [0.2, 0.25) is 0 Å². The molecule has 4 nitrogen and oxygen atoms in total. The van der Waals surface area contributed by atoms with E-state index in [-0.39, 0.29) is 11.8 Å². The van der Waals surface area contributed by atoms with E-state index < -0.39 is 17.4 Å². The quantitative estimate of drug-likeness (QED) is 0.612. The first-order valence-corrected chi connectivity index (χ1v) is 6.35. The Morgan fingerprint density at radius 2 is 1.95 bits per heavy atom. The van der Waals surface area contributed by atoms with Gasteiger partial charge in [-0.1, -0.05) is 30.4 Å². The van der Waals surface area contributed by atoms with Gasteiger partial charge in [0.2, 0.25) is 11.8 Å². The van der Waals surface area contributed by atoms with Gasteiger partial charge in [0, 0.05) is 0 Å². The molecule has 3 unspecified atom stereocenters. The van der Waals surface area contributed by atoms with Gasteiger partial charge >= 0.3 is 0 Å². The highest BCUT2D eigenvalue weighted by molar-refractivity contribution is 6.24. The SMILES string of the molecule is CC12C(=O)N(c3ccccc3)C(=O)C1C=CCC2O. The van der Waals surface area contributed by atoms with Crippen molar-refractivity contribution in [3.63, 3.8) is 0 Å². The highest BCUT2D eigenvalue weighted by Gasteiger charge is 2.60. The van der Waals surface area contributed by atoms with Crippen LogP contribution in [0.5, 0.6) is 0 Å². The molecule has 3 atom stereocenters. The van der Waals surface area contributed by atoms with Crippen molar-refractivity contribution < 1.29 is 14.7 Å². The minimum absolute atomic E-state index is 0.256. The van der Waals surface area contributed by atoms with E-state index in [0.29, 0.717) is 12.1 Å². The Morgan fingerprint density at radius 1 is 1.26 bits per heavy atom. The molecular formula is C15H15NO3. The Morgan fingerprint density at radius 3 is 2.58 bits per heavy atom. The Kier molecular flexibility index (Phi) is 2.57. The number of para-hydroxylation sites is 1. The smallest absolute Gasteiger partial charge is 0.243 e. The Bertz CT molecular complexity index is 566. The number of aliphatic hydroxyl groups is 1. The van der Waals surface area contributed by atoms with Crippen LogP contribution in [0, 0.1) is 11.3 Å². The summed E-state index contributed by atoms with van der Waals surface area (Å²) in [6, 6.07) is 8.86. The first kappa shape index (κ1) is 12.1. The number of aliphatic hydroxyl groups excluding tert-OH is 1. The monoisotopic (exact) mass is 257 g/mol. The molecule has 0 radical (unpaired) electrons. The van der Waals surface area contributed by atoms with Crippen molar-refractivity contribution in [2.45, 2.75) is 19.4 Å². The lowest BCUT2D eigenvalue weighted by molar-refractivity contribution is -0.133. The molecule has 0 saturated carbocycles. The summed E-state index contributed by atoms with van der Waals surface area (Å²) in [5.41, 5.74) is -0.476. The Balaban J connectivity index is 2.09. The third kappa shape index (κ3) is 1.50. The van der Waals surface area contributed by atoms with Crippen LogP contribution >= 0.6 is 0 Å². The zero-order valence-electron chi connectivity index (χ0n) is 10.6. The van der Waals surface area contributed by atoms with Crippen molar-refractivity contribution in [2.75, 3.05) is 4.90 Å². The minimum atomic E-state index is -1.04. The Hall–Kier alpha value is -1.94. The van der Waals surface area contributed by atoms with E-state index in [1.54, 1.807) is 43.3 Å². The molecule has 1 fully saturated rings. The summed E-state index contributed by atoms with van der Waals surface area (Å²) in [6.45, 7) is 1.68. The molecule has 1 heterocycles. The van der Waals surface area contributed by atoms with Gasteiger partial charge in [0.25, 0.3) is 0 Å². The van der Waals surface area contributed by atoms with Crippen LogP contribution in [-0.2, 0) is 9.59 Å². The molecule has 1 aliphatic heterocycles. The largest absolute Gasteiger partial charge is 0.392 e. The fourth-order valence-corrected chi connectivity index (χ4v) is 2.91. The maximum atomic E-state index is 12.6. The predicted octanol–water partition coefficient (Wildman–Crippen LogP) is 1.50. The maximum Gasteiger partial charge on any atom is 0.243 e. The van der Waals surface area contributed by atoms with Gasteiger partial charge in [-0.3, -0.25) is 9.59 Å². The van der Waals surface area contributed by atoms with E-state index in [1.165, 1.54) is 4.90 Å². The molecule has 1 N–H and O–H groups in total. The number of amides is 2. The van der Waals surface area contributed by atoms with Crippen LogP contribution in [0.4, 0.5) is 5.69 Å². The average molecular weight is 257 g/mol. The maximum absolute atomic E-state index is 12.6. The summed E-state index contributed by atoms with van der Waals surface area (Å²) < 4.78 is 0. The zero-order valence-corrected chi connectivity index (χ0v) is 10.6. The normalized spacial score (nSPS) is 33.7. The number of carbonyl (C=O) groups excluding carboxylic acids is 2. The molecule has 0 bridgehead atoms. The van der Waals surface area contributed by atoms with Gasteiger partial charge in [0.05, 0.1) is 23.1 Å². The number of benzene rings is 1. The summed E-state index contributed by atoms with van der Waals surface area (Å²) >= 11 is 0. The first-order valence-electron chi connectivity index (χ1n) is 6.35. The highest BCUT2D eigenvalue weighted by Crippen LogP contribution is 2.46. The van der Waals surface area contributed by atoms with Gasteiger partial charge in [0.1, 0.15) is 0 Å². The molecule has 98 valence electrons. The molecule has 1 saturated heterocycles. The van der Waals surface area contributed by atoms with Crippen molar-refractivity contribution in [3.8, 4) is 0 Å². The lowest BCUT2D eigenvalue weighted by Gasteiger charge is -2.33. The molecule has 2 amide bonds. The third-order valence-corrected chi connectivity index (χ3v) is 4.19. The number of imide groups is 1. The minimum Gasteiger partial charge on any atom is -0.392 e. The molecule has 0 aromatic heterocycles. The molecule has 1 aromatic carbocycles. The molecular weight excluding hydrogens is 242 g/mol. The van der Waals surface area contributed by atoms with Crippen LogP contribution in [-0.4, -0.2) is 23.0 Å². The number of anilines is 1. The standard InChI is InChI=1S/C15H15NO3/c1-15-11(8-5-9-12(15)17)13(18)16(14(15)19)10-6-3-2-4-7-10/h2-8,11-12,17H,9H2,1H3. The van der Waals surface area contributed by atoms with E-state index in [1.807, 2.05) is 6.07 Å². The van der Waals surface area contributed by atoms with Gasteiger partial charge in [-0.15, -0.1) is 0 Å². The van der Waals surface area contributed by atoms with Crippen molar-refractivity contribution in [1.29, 1.82) is 0 Å². The summed E-state index contributed by atoms with van der Waals surface area (Å²) in [5.74, 6) is -1.14. The van der Waals surface area contributed by atoms with E-state index in [9.17, 15) is 14.7 Å². The molecule has 1 aliphatic carbocycles. The van der Waals surface area contributed by atoms with E-state index in [4.69, 9.17) is 0 Å². The number of hydrogen-bond donors (Lipinski definition) is 1. The molecule has 3 rings (SSSR count). The fourth-order valence-electron chi connectivity index (χ4n) is 2.91. The molecule has 4 heteroatoms. The fraction of sp³-hybridized carbons (Fsp3) is 0.333. The van der Waals surface area contributed by atoms with Crippen molar-refractivity contribution in [3.05, 3.63) is 42.5 Å². The number of hydrogen-bond acceptors (Lipinski definition) is 3. The van der Waals surface area contributed by atoms with Crippen LogP contribution in [0.25, 0.3) is 0 Å². The van der Waals surface area contributed by atoms with Crippen LogP contribution in [0.1, 0.15) is 13.3 Å². The summed E-state index contributed by atoms with van der Waals surface area (Å²) in [4.78, 5) is 26.2. The van der Waals surface area contributed by atoms with Crippen molar-refractivity contribution >= 4 is 17.5 Å². The third-order valence-electron chi connectivity index (χ3n) is 4.19. The lowest BCUT2D eigenvalue weighted by atomic mass is 9.70. The lowest BCUT2D eigenvalue weighted by Crippen LogP contribution is -2.44. The Labute approximate surface area is 111 Å². The van der Waals surface area contributed by atoms with Gasteiger partial charge in [0.15, 0.2) is 0 Å². The van der Waals surface area contributed by atoms with Crippen molar-refractivity contribution in [2.24, 2.45) is 11.3 Å². The van der Waals surface area contributed by atoms with Crippen LogP contribution in [0.15, 0.2) is 42.5 Å². The zero-order chi connectivity index (χ0) is 13.6. The van der Waals surface area contributed by atoms with Crippen LogP contribution < -0.4 is 4.90 Å². The number of fused-ring (bicyclic) bond motifs is 1. The molecule has 19 heavy (non-hydrogen) atoms. The summed E-state index contributed by atoms with van der Waals surface area (Å²) in [6.07, 6.45) is 3.12. The first-order chi connectivity index (χ1) is 9.06. The average Bonchev–Trinajstić information content (AvgIpc) is 2.62. The van der Waals surface area contributed by atoms with E-state index in [2.05, 4.69) is 0 Å². The van der Waals surface area contributed by atoms with E-state index in [0.717, 1.165) is 0 Å². The topological polar surface area (TPSA) is 57.6 Å². The molecule has 2 aliphatic rings. The number of nitrogens with zero attached hydrogens (tertiary/aromatic N) is 1.